The summed E-state index contributed by atoms with van der Waals surface area (Å²) in [6, 6.07) is 13.6. The third kappa shape index (κ3) is 5.11. The number of nitrogens with one attached hydrogen (secondary N) is 1. The highest BCUT2D eigenvalue weighted by Crippen LogP contribution is 2.31. The van der Waals surface area contributed by atoms with E-state index >= 15 is 0 Å². The van der Waals surface area contributed by atoms with E-state index in [4.69, 9.17) is 9.47 Å². The number of rotatable bonds is 7. The number of carbonyl (C=O) groups excluding carboxylic acids is 1. The van der Waals surface area contributed by atoms with E-state index in [1.54, 1.807) is 12.1 Å². The summed E-state index contributed by atoms with van der Waals surface area (Å²) >= 11 is 1.25. The molecule has 0 saturated carbocycles. The molecule has 156 valence electrons. The zero-order valence-electron chi connectivity index (χ0n) is 16.4. The number of halogens is 1. The molecule has 1 aliphatic rings. The van der Waals surface area contributed by atoms with Gasteiger partial charge in [-0.05, 0) is 36.9 Å². The quantitative estimate of drug-likeness (QED) is 0.624. The van der Waals surface area contributed by atoms with Gasteiger partial charge < -0.3 is 14.8 Å². The molecule has 0 aliphatic carbocycles. The van der Waals surface area contributed by atoms with Gasteiger partial charge in [-0.1, -0.05) is 35.6 Å². The molecule has 3 aromatic rings. The van der Waals surface area contributed by atoms with Crippen molar-refractivity contribution in [3.63, 3.8) is 0 Å². The summed E-state index contributed by atoms with van der Waals surface area (Å²) in [5, 5.41) is 11.9. The minimum Gasteiger partial charge on any atom is -0.486 e. The fourth-order valence-electron chi connectivity index (χ4n) is 3.07. The molecule has 1 atom stereocenters. The van der Waals surface area contributed by atoms with Crippen LogP contribution in [0.2, 0.25) is 0 Å². The van der Waals surface area contributed by atoms with E-state index < -0.39 is 0 Å². The second-order valence-corrected chi connectivity index (χ2v) is 8.07. The van der Waals surface area contributed by atoms with Crippen LogP contribution in [-0.4, -0.2) is 47.3 Å². The molecule has 30 heavy (non-hydrogen) atoms. The molecule has 0 saturated heterocycles. The molecule has 0 unspecified atom stereocenters. The molecule has 2 heterocycles. The molecular weight excluding hydrogens is 407 g/mol. The van der Waals surface area contributed by atoms with E-state index in [2.05, 4.69) is 20.4 Å². The summed E-state index contributed by atoms with van der Waals surface area (Å²) in [7, 11) is 1.96. The van der Waals surface area contributed by atoms with E-state index in [9.17, 15) is 9.18 Å². The van der Waals surface area contributed by atoms with Crippen molar-refractivity contribution in [2.45, 2.75) is 19.2 Å². The molecule has 7 nitrogen and oxygen atoms in total. The number of para-hydroxylation sites is 2. The van der Waals surface area contributed by atoms with Gasteiger partial charge in [0.1, 0.15) is 23.5 Å². The first-order valence-corrected chi connectivity index (χ1v) is 10.3. The Hall–Kier alpha value is -3.04. The van der Waals surface area contributed by atoms with Gasteiger partial charge in [-0.3, -0.25) is 9.69 Å². The summed E-state index contributed by atoms with van der Waals surface area (Å²) in [4.78, 5) is 14.3. The van der Waals surface area contributed by atoms with Crippen LogP contribution >= 0.6 is 11.3 Å². The topological polar surface area (TPSA) is 76.6 Å². The number of aromatic nitrogens is 2. The average molecular weight is 428 g/mol. The van der Waals surface area contributed by atoms with Crippen molar-refractivity contribution in [2.75, 3.05) is 20.2 Å². The minimum atomic E-state index is -0.308. The highest BCUT2D eigenvalue weighted by Gasteiger charge is 2.22. The van der Waals surface area contributed by atoms with Crippen molar-refractivity contribution in [1.29, 1.82) is 0 Å². The molecule has 1 aromatic heterocycles. The Morgan fingerprint density at radius 2 is 1.97 bits per heavy atom. The normalized spacial score (nSPS) is 15.2. The van der Waals surface area contributed by atoms with Crippen LogP contribution in [0.4, 0.5) is 4.39 Å². The second kappa shape index (κ2) is 9.19. The van der Waals surface area contributed by atoms with Gasteiger partial charge in [0, 0.05) is 13.1 Å². The van der Waals surface area contributed by atoms with Crippen LogP contribution in [0.5, 0.6) is 11.5 Å². The van der Waals surface area contributed by atoms with Crippen LogP contribution in [0.1, 0.15) is 20.4 Å². The van der Waals surface area contributed by atoms with E-state index in [1.807, 2.05) is 31.3 Å². The number of nitrogens with zero attached hydrogens (tertiary/aromatic N) is 3. The fraction of sp³-hybridized carbons (Fsp3) is 0.286. The molecule has 1 N–H and O–H groups in total. The van der Waals surface area contributed by atoms with Crippen molar-refractivity contribution < 1.29 is 18.7 Å². The third-order valence-corrected chi connectivity index (χ3v) is 5.42. The standard InChI is InChI=1S/C21H21FN4O3S/c1-26(11-16-13-28-17-4-2-3-5-18(17)29-16)12-19-24-25-21(30-19)20(27)23-10-14-6-8-15(22)9-7-14/h2-9,16H,10-13H2,1H3,(H,23,27)/t16-/m0/s1. The fourth-order valence-corrected chi connectivity index (χ4v) is 3.90. The van der Waals surface area contributed by atoms with Crippen molar-refractivity contribution >= 4 is 17.2 Å². The van der Waals surface area contributed by atoms with Gasteiger partial charge in [0.05, 0.1) is 6.54 Å². The van der Waals surface area contributed by atoms with Crippen LogP contribution in [0.3, 0.4) is 0 Å². The monoisotopic (exact) mass is 428 g/mol. The number of hydrogen-bond acceptors (Lipinski definition) is 7. The minimum absolute atomic E-state index is 0.0868. The Bertz CT molecular complexity index is 1010. The van der Waals surface area contributed by atoms with Crippen LogP contribution in [-0.2, 0) is 13.1 Å². The largest absolute Gasteiger partial charge is 0.486 e. The summed E-state index contributed by atoms with van der Waals surface area (Å²) in [5.41, 5.74) is 0.811. The zero-order valence-corrected chi connectivity index (χ0v) is 17.2. The van der Waals surface area contributed by atoms with Crippen molar-refractivity contribution in [3.8, 4) is 11.5 Å². The number of likely N-dealkylation sites (N-methyl/N-ethyl adjacent to an activating group) is 1. The Balaban J connectivity index is 1.26. The van der Waals surface area contributed by atoms with Gasteiger partial charge in [0.25, 0.3) is 5.91 Å². The Labute approximate surface area is 177 Å². The Morgan fingerprint density at radius 3 is 2.77 bits per heavy atom. The highest BCUT2D eigenvalue weighted by molar-refractivity contribution is 7.13. The lowest BCUT2D eigenvalue weighted by atomic mass is 10.2. The highest BCUT2D eigenvalue weighted by atomic mass is 32.1. The number of fused-ring (bicyclic) bond motifs is 1. The first kappa shape index (κ1) is 20.2. The SMILES string of the molecule is CN(Cc1nnc(C(=O)NCc2ccc(F)cc2)s1)C[C@H]1COc2ccccc2O1. The molecule has 1 amide bonds. The summed E-state index contributed by atoms with van der Waals surface area (Å²) in [5.74, 6) is 0.902. The van der Waals surface area contributed by atoms with E-state index in [0.717, 1.165) is 22.1 Å². The number of amides is 1. The zero-order chi connectivity index (χ0) is 20.9. The first-order chi connectivity index (χ1) is 14.6. The molecule has 1 aliphatic heterocycles. The first-order valence-electron chi connectivity index (χ1n) is 9.49. The van der Waals surface area contributed by atoms with Gasteiger partial charge >= 0.3 is 0 Å². The van der Waals surface area contributed by atoms with E-state index in [0.29, 0.717) is 31.2 Å². The lowest BCUT2D eigenvalue weighted by Crippen LogP contribution is -2.39. The molecule has 9 heteroatoms. The Kier molecular flexibility index (Phi) is 6.20. The molecule has 0 fully saturated rings. The predicted molar refractivity (Wildman–Crippen MR) is 110 cm³/mol. The molecule has 0 radical (unpaired) electrons. The van der Waals surface area contributed by atoms with Gasteiger partial charge in [-0.25, -0.2) is 4.39 Å². The van der Waals surface area contributed by atoms with E-state index in [-0.39, 0.29) is 17.8 Å². The third-order valence-electron chi connectivity index (χ3n) is 4.52. The number of ether oxygens (including phenoxy) is 2. The number of benzene rings is 2. The predicted octanol–water partition coefficient (Wildman–Crippen LogP) is 2.88. The van der Waals surface area contributed by atoms with E-state index in [1.165, 1.54) is 23.5 Å². The Morgan fingerprint density at radius 1 is 1.20 bits per heavy atom. The average Bonchev–Trinajstić information content (AvgIpc) is 3.21. The van der Waals surface area contributed by atoms with Crippen LogP contribution in [0.25, 0.3) is 0 Å². The smallest absolute Gasteiger partial charge is 0.282 e. The summed E-state index contributed by atoms with van der Waals surface area (Å²) < 4.78 is 24.7. The van der Waals surface area contributed by atoms with Gasteiger partial charge in [-0.15, -0.1) is 10.2 Å². The van der Waals surface area contributed by atoms with Crippen molar-refractivity contribution in [3.05, 3.63) is 69.9 Å². The van der Waals surface area contributed by atoms with Crippen LogP contribution in [0.15, 0.2) is 48.5 Å². The number of hydrogen-bond donors (Lipinski definition) is 1. The molecule has 0 bridgehead atoms. The number of carbonyl (C=O) groups is 1. The molecule has 0 spiro atoms. The van der Waals surface area contributed by atoms with Gasteiger partial charge in [0.2, 0.25) is 5.01 Å². The lowest BCUT2D eigenvalue weighted by molar-refractivity contribution is 0.0637. The second-order valence-electron chi connectivity index (χ2n) is 7.00. The maximum atomic E-state index is 12.9. The molecular formula is C21H21FN4O3S. The maximum Gasteiger partial charge on any atom is 0.282 e. The van der Waals surface area contributed by atoms with Crippen molar-refractivity contribution in [1.82, 2.24) is 20.4 Å². The molecule has 4 rings (SSSR count). The van der Waals surface area contributed by atoms with Crippen LogP contribution in [0, 0.1) is 5.82 Å². The summed E-state index contributed by atoms with van der Waals surface area (Å²) in [6.45, 7) is 1.98. The van der Waals surface area contributed by atoms with Crippen molar-refractivity contribution in [2.24, 2.45) is 0 Å². The molecule has 2 aromatic carbocycles. The lowest BCUT2D eigenvalue weighted by Gasteiger charge is -2.29. The van der Waals surface area contributed by atoms with Crippen LogP contribution < -0.4 is 14.8 Å². The van der Waals surface area contributed by atoms with Gasteiger partial charge in [0.15, 0.2) is 11.5 Å². The summed E-state index contributed by atoms with van der Waals surface area (Å²) in [6.07, 6.45) is -0.0868. The van der Waals surface area contributed by atoms with Gasteiger partial charge in [-0.2, -0.15) is 0 Å². The maximum absolute atomic E-state index is 12.9.